The van der Waals surface area contributed by atoms with Gasteiger partial charge in [0.1, 0.15) is 5.10 Å². The van der Waals surface area contributed by atoms with E-state index in [9.17, 15) is 10.1 Å². The number of nitrogens with one attached hydrogen (secondary N) is 1. The number of rotatable bonds is 5. The molecule has 1 aromatic rings. The molecule has 1 heterocycles. The van der Waals surface area contributed by atoms with Crippen LogP contribution in [0.1, 0.15) is 6.42 Å². The topological polar surface area (TPSA) is 111 Å². The molecule has 0 amide bonds. The molecular formula is C7H12N6O2. The minimum Gasteiger partial charge on any atom is -0.365 e. The van der Waals surface area contributed by atoms with Crippen LogP contribution in [-0.2, 0) is 6.54 Å². The molecule has 15 heavy (non-hydrogen) atoms. The first kappa shape index (κ1) is 11.0. The van der Waals surface area contributed by atoms with Crippen LogP contribution in [0.15, 0.2) is 23.8 Å². The number of hydrogen-bond donors (Lipinski definition) is 2. The highest BCUT2D eigenvalue weighted by Crippen LogP contribution is 1.88. The van der Waals surface area contributed by atoms with Gasteiger partial charge in [-0.3, -0.25) is 0 Å². The molecule has 82 valence electrons. The molecule has 0 saturated heterocycles. The number of nitrogens with two attached hydrogens (primary N) is 1. The van der Waals surface area contributed by atoms with Gasteiger partial charge in [0.05, 0.1) is 6.33 Å². The molecule has 0 spiro atoms. The van der Waals surface area contributed by atoms with Crippen molar-refractivity contribution in [2.45, 2.75) is 13.0 Å². The Bertz CT molecular complexity index is 333. The van der Waals surface area contributed by atoms with Gasteiger partial charge in [-0.05, 0) is 6.42 Å². The van der Waals surface area contributed by atoms with Gasteiger partial charge in [-0.25, -0.2) is 15.1 Å². The lowest BCUT2D eigenvalue weighted by molar-refractivity contribution is -0.485. The van der Waals surface area contributed by atoms with Gasteiger partial charge in [-0.15, -0.1) is 0 Å². The zero-order chi connectivity index (χ0) is 11.1. The molecule has 0 bridgehead atoms. The Labute approximate surface area is 85.9 Å². The van der Waals surface area contributed by atoms with Crippen molar-refractivity contribution < 1.29 is 5.03 Å². The van der Waals surface area contributed by atoms with E-state index in [1.807, 2.05) is 10.8 Å². The van der Waals surface area contributed by atoms with E-state index in [0.717, 1.165) is 13.0 Å². The number of imidazole rings is 1. The first-order valence-corrected chi connectivity index (χ1v) is 4.36. The normalized spacial score (nSPS) is 11.3. The average molecular weight is 212 g/mol. The van der Waals surface area contributed by atoms with Crippen LogP contribution in [0.4, 0.5) is 0 Å². The molecule has 3 N–H and O–H groups in total. The number of hydrogen-bond acceptors (Lipinski definition) is 3. The van der Waals surface area contributed by atoms with Crippen molar-refractivity contribution in [2.75, 3.05) is 6.54 Å². The van der Waals surface area contributed by atoms with Crippen LogP contribution >= 0.6 is 0 Å². The van der Waals surface area contributed by atoms with E-state index in [2.05, 4.69) is 15.4 Å². The van der Waals surface area contributed by atoms with E-state index in [1.165, 1.54) is 0 Å². The van der Waals surface area contributed by atoms with Crippen molar-refractivity contribution in [2.24, 2.45) is 10.8 Å². The predicted octanol–water partition coefficient (Wildman–Crippen LogP) is -0.631. The van der Waals surface area contributed by atoms with Gasteiger partial charge in [0.15, 0.2) is 5.03 Å². The second-order valence-electron chi connectivity index (χ2n) is 2.80. The quantitative estimate of drug-likeness (QED) is 0.222. The van der Waals surface area contributed by atoms with Gasteiger partial charge in [0.25, 0.3) is 5.96 Å². The van der Waals surface area contributed by atoms with E-state index in [1.54, 1.807) is 12.5 Å². The molecule has 0 aliphatic heterocycles. The van der Waals surface area contributed by atoms with E-state index in [-0.39, 0.29) is 5.96 Å². The summed E-state index contributed by atoms with van der Waals surface area (Å²) >= 11 is 0. The van der Waals surface area contributed by atoms with Gasteiger partial charge >= 0.3 is 0 Å². The Morgan fingerprint density at radius 2 is 2.53 bits per heavy atom. The van der Waals surface area contributed by atoms with Crippen molar-refractivity contribution in [3.8, 4) is 0 Å². The van der Waals surface area contributed by atoms with Crippen LogP contribution in [0.3, 0.4) is 0 Å². The second kappa shape index (κ2) is 5.58. The van der Waals surface area contributed by atoms with Gasteiger partial charge in [-0.2, -0.15) is 0 Å². The Kier molecular flexibility index (Phi) is 4.07. The maximum Gasteiger partial charge on any atom is 0.266 e. The standard InChI is InChI=1S/C7H12N6O2/c8-7(11-13(14)15)10-2-1-4-12-5-3-9-6-12/h3,5-6H,1-2,4H2,(H3,8,10,11). The highest BCUT2D eigenvalue weighted by atomic mass is 16.7. The average Bonchev–Trinajstić information content (AvgIpc) is 2.63. The number of guanidine groups is 1. The lowest BCUT2D eigenvalue weighted by atomic mass is 10.4. The summed E-state index contributed by atoms with van der Waals surface area (Å²) in [5.74, 6) is -0.175. The molecule has 0 aliphatic rings. The van der Waals surface area contributed by atoms with E-state index in [0.29, 0.717) is 6.54 Å². The summed E-state index contributed by atoms with van der Waals surface area (Å²) in [7, 11) is 0. The van der Waals surface area contributed by atoms with E-state index in [4.69, 9.17) is 5.73 Å². The van der Waals surface area contributed by atoms with Crippen LogP contribution in [-0.4, -0.2) is 27.1 Å². The molecule has 0 radical (unpaired) electrons. The van der Waals surface area contributed by atoms with E-state index >= 15 is 0 Å². The number of hydrazone groups is 1. The van der Waals surface area contributed by atoms with E-state index < -0.39 is 5.03 Å². The smallest absolute Gasteiger partial charge is 0.266 e. The Morgan fingerprint density at radius 1 is 1.73 bits per heavy atom. The highest BCUT2D eigenvalue weighted by Gasteiger charge is 1.97. The molecule has 8 nitrogen and oxygen atoms in total. The minimum absolute atomic E-state index is 0.175. The number of aromatic nitrogens is 2. The minimum atomic E-state index is -0.835. The van der Waals surface area contributed by atoms with Crippen LogP contribution in [0.5, 0.6) is 0 Å². The zero-order valence-electron chi connectivity index (χ0n) is 8.04. The van der Waals surface area contributed by atoms with Crippen LogP contribution < -0.4 is 11.1 Å². The fraction of sp³-hybridized carbons (Fsp3) is 0.429. The van der Waals surface area contributed by atoms with Crippen molar-refractivity contribution in [1.82, 2.24) is 14.9 Å². The predicted molar refractivity (Wildman–Crippen MR) is 53.5 cm³/mol. The lowest BCUT2D eigenvalue weighted by Gasteiger charge is -2.03. The largest absolute Gasteiger partial charge is 0.365 e. The third kappa shape index (κ3) is 4.60. The molecule has 0 saturated carbocycles. The molecule has 1 rings (SSSR count). The Balaban J connectivity index is 2.14. The maximum absolute atomic E-state index is 9.91. The molecule has 0 aromatic carbocycles. The summed E-state index contributed by atoms with van der Waals surface area (Å²) in [6.07, 6.45) is 6.02. The van der Waals surface area contributed by atoms with Gasteiger partial charge < -0.3 is 15.6 Å². The highest BCUT2D eigenvalue weighted by molar-refractivity contribution is 5.76. The van der Waals surface area contributed by atoms with Crippen molar-refractivity contribution in [1.29, 1.82) is 0 Å². The number of aryl methyl sites for hydroxylation is 1. The van der Waals surface area contributed by atoms with Crippen LogP contribution in [0.2, 0.25) is 0 Å². The number of nitrogens with zero attached hydrogens (tertiary/aromatic N) is 4. The summed E-state index contributed by atoms with van der Waals surface area (Å²) in [6.45, 7) is 1.31. The zero-order valence-corrected chi connectivity index (χ0v) is 8.04. The molecule has 0 aliphatic carbocycles. The maximum atomic E-state index is 9.91. The first-order chi connectivity index (χ1) is 7.18. The van der Waals surface area contributed by atoms with Crippen molar-refractivity contribution in [3.05, 3.63) is 28.8 Å². The lowest BCUT2D eigenvalue weighted by Crippen LogP contribution is -2.33. The third-order valence-corrected chi connectivity index (χ3v) is 1.65. The molecule has 8 heteroatoms. The summed E-state index contributed by atoms with van der Waals surface area (Å²) in [6, 6.07) is 0. The summed E-state index contributed by atoms with van der Waals surface area (Å²) in [5.41, 5.74) is 5.21. The summed E-state index contributed by atoms with van der Waals surface area (Å²) in [5, 5.41) is 14.6. The monoisotopic (exact) mass is 212 g/mol. The Morgan fingerprint density at radius 3 is 3.13 bits per heavy atom. The molecule has 0 atom stereocenters. The SMILES string of the molecule is N/C(=N\[N+](=O)[O-])NCCCn1ccnc1. The Hall–Kier alpha value is -2.12. The molecular weight excluding hydrogens is 200 g/mol. The fourth-order valence-electron chi connectivity index (χ4n) is 1.02. The molecule has 0 fully saturated rings. The van der Waals surface area contributed by atoms with Crippen molar-refractivity contribution >= 4 is 5.96 Å². The van der Waals surface area contributed by atoms with Gasteiger partial charge in [0, 0.05) is 25.5 Å². The first-order valence-electron chi connectivity index (χ1n) is 4.36. The fourth-order valence-corrected chi connectivity index (χ4v) is 1.02. The van der Waals surface area contributed by atoms with Crippen LogP contribution in [0, 0.1) is 10.1 Å². The number of nitro groups is 1. The molecule has 0 unspecified atom stereocenters. The van der Waals surface area contributed by atoms with Crippen molar-refractivity contribution in [3.63, 3.8) is 0 Å². The summed E-state index contributed by atoms with van der Waals surface area (Å²) < 4.78 is 1.91. The molecule has 1 aromatic heterocycles. The van der Waals surface area contributed by atoms with Gasteiger partial charge in [0.2, 0.25) is 0 Å². The summed E-state index contributed by atoms with van der Waals surface area (Å²) in [4.78, 5) is 13.8. The van der Waals surface area contributed by atoms with Crippen LogP contribution in [0.25, 0.3) is 0 Å². The third-order valence-electron chi connectivity index (χ3n) is 1.65. The van der Waals surface area contributed by atoms with Gasteiger partial charge in [-0.1, -0.05) is 0 Å². The second-order valence-corrected chi connectivity index (χ2v) is 2.80.